The fourth-order valence-corrected chi connectivity index (χ4v) is 2.70. The number of benzene rings is 2. The molecule has 1 amide bonds. The Hall–Kier alpha value is -3.22. The summed E-state index contributed by atoms with van der Waals surface area (Å²) in [6.07, 6.45) is 3.40. The van der Waals surface area contributed by atoms with E-state index in [4.69, 9.17) is 5.21 Å². The lowest BCUT2D eigenvalue weighted by atomic mass is 10.1. The van der Waals surface area contributed by atoms with Crippen molar-refractivity contribution in [2.45, 2.75) is 13.3 Å². The van der Waals surface area contributed by atoms with Crippen LogP contribution < -0.4 is 5.48 Å². The van der Waals surface area contributed by atoms with Crippen LogP contribution in [0.4, 0.5) is 0 Å². The molecule has 0 bridgehead atoms. The fraction of sp³-hybridized carbons (Fsp3) is 0.0952. The number of halogens is 1. The summed E-state index contributed by atoms with van der Waals surface area (Å²) < 4.78 is 0. The van der Waals surface area contributed by atoms with E-state index in [-0.39, 0.29) is 18.2 Å². The zero-order chi connectivity index (χ0) is 19.2. The van der Waals surface area contributed by atoms with Crippen molar-refractivity contribution in [2.75, 3.05) is 0 Å². The van der Waals surface area contributed by atoms with E-state index in [1.807, 2.05) is 49.4 Å². The Morgan fingerprint density at radius 2 is 1.79 bits per heavy atom. The van der Waals surface area contributed by atoms with Crippen LogP contribution in [0.25, 0.3) is 6.08 Å². The highest BCUT2D eigenvalue weighted by Crippen LogP contribution is 2.15. The molecule has 0 saturated carbocycles. The van der Waals surface area contributed by atoms with Crippen LogP contribution in [0.3, 0.4) is 0 Å². The minimum atomic E-state index is -0.583. The first-order valence-corrected chi connectivity index (χ1v) is 8.43. The first-order chi connectivity index (χ1) is 13.1. The topological polar surface area (TPSA) is 95.1 Å². The van der Waals surface area contributed by atoms with Crippen LogP contribution in [0.1, 0.15) is 38.7 Å². The molecule has 1 aromatic heterocycles. The van der Waals surface area contributed by atoms with Crippen LogP contribution in [0.15, 0.2) is 60.7 Å². The predicted octanol–water partition coefficient (Wildman–Crippen LogP) is 3.48. The summed E-state index contributed by atoms with van der Waals surface area (Å²) in [5.74, 6) is 0.0359. The average Bonchev–Trinajstić information content (AvgIpc) is 3.07. The smallest absolute Gasteiger partial charge is 0.267 e. The van der Waals surface area contributed by atoms with Crippen LogP contribution in [0, 0.1) is 6.92 Å². The van der Waals surface area contributed by atoms with E-state index >= 15 is 0 Å². The number of carbonyl (C=O) groups is 2. The number of hydroxylamine groups is 1. The van der Waals surface area contributed by atoms with Crippen LogP contribution in [-0.2, 0) is 11.2 Å². The Labute approximate surface area is 168 Å². The van der Waals surface area contributed by atoms with Crippen molar-refractivity contribution in [1.82, 2.24) is 15.4 Å². The number of amides is 1. The number of aryl methyl sites for hydroxylation is 1. The zero-order valence-electron chi connectivity index (χ0n) is 15.2. The number of nitrogens with zero attached hydrogens (tertiary/aromatic N) is 1. The third-order valence-electron chi connectivity index (χ3n) is 4.07. The van der Waals surface area contributed by atoms with Crippen LogP contribution in [-0.4, -0.2) is 26.9 Å². The first kappa shape index (κ1) is 21.1. The summed E-state index contributed by atoms with van der Waals surface area (Å²) in [4.78, 5) is 31.2. The second kappa shape index (κ2) is 9.64. The van der Waals surface area contributed by atoms with E-state index in [9.17, 15) is 9.59 Å². The van der Waals surface area contributed by atoms with Crippen molar-refractivity contribution in [1.29, 1.82) is 0 Å². The van der Waals surface area contributed by atoms with Gasteiger partial charge >= 0.3 is 0 Å². The number of nitrogens with one attached hydrogen (secondary N) is 2. The Bertz CT molecular complexity index is 980. The van der Waals surface area contributed by atoms with E-state index in [0.29, 0.717) is 17.7 Å². The van der Waals surface area contributed by atoms with Gasteiger partial charge in [-0.3, -0.25) is 14.8 Å². The maximum atomic E-state index is 12.6. The standard InChI is InChI=1S/C21H19N3O3.ClH/c1-14-20(21(26)17-5-3-2-4-6-17)23-18(22-14)13-16-9-7-15(8-10-16)11-12-19(25)24-27;/h2-12,27H,13H2,1H3,(H,22,23)(H,24,25);1H/b12-11+;. The number of hydrogen-bond acceptors (Lipinski definition) is 4. The molecule has 3 rings (SSSR count). The second-order valence-corrected chi connectivity index (χ2v) is 6.08. The summed E-state index contributed by atoms with van der Waals surface area (Å²) in [7, 11) is 0. The Kier molecular flexibility index (Phi) is 7.26. The number of ketones is 1. The van der Waals surface area contributed by atoms with Gasteiger partial charge in [0.25, 0.3) is 5.91 Å². The molecule has 6 nitrogen and oxygen atoms in total. The third kappa shape index (κ3) is 5.16. The minimum absolute atomic E-state index is 0. The fourth-order valence-electron chi connectivity index (χ4n) is 2.70. The lowest BCUT2D eigenvalue weighted by molar-refractivity contribution is -0.124. The second-order valence-electron chi connectivity index (χ2n) is 6.08. The molecular formula is C21H20ClN3O3. The van der Waals surface area contributed by atoms with Gasteiger partial charge in [0, 0.05) is 23.8 Å². The molecule has 0 aliphatic carbocycles. The van der Waals surface area contributed by atoms with Gasteiger partial charge in [0.15, 0.2) is 0 Å². The number of aromatic amines is 1. The molecule has 0 unspecified atom stereocenters. The number of aromatic nitrogens is 2. The number of imidazole rings is 1. The van der Waals surface area contributed by atoms with Gasteiger partial charge in [-0.25, -0.2) is 10.5 Å². The van der Waals surface area contributed by atoms with Crippen molar-refractivity contribution in [3.05, 3.63) is 94.6 Å². The largest absolute Gasteiger partial charge is 0.345 e. The summed E-state index contributed by atoms with van der Waals surface area (Å²) in [6, 6.07) is 16.7. The summed E-state index contributed by atoms with van der Waals surface area (Å²) >= 11 is 0. The van der Waals surface area contributed by atoms with E-state index < -0.39 is 5.91 Å². The lowest BCUT2D eigenvalue weighted by Gasteiger charge is -2.00. The highest BCUT2D eigenvalue weighted by Gasteiger charge is 2.16. The molecular weight excluding hydrogens is 378 g/mol. The molecule has 28 heavy (non-hydrogen) atoms. The van der Waals surface area contributed by atoms with Crippen LogP contribution in [0.2, 0.25) is 0 Å². The Morgan fingerprint density at radius 1 is 1.11 bits per heavy atom. The van der Waals surface area contributed by atoms with Crippen molar-refractivity contribution >= 4 is 30.2 Å². The highest BCUT2D eigenvalue weighted by molar-refractivity contribution is 6.08. The van der Waals surface area contributed by atoms with Gasteiger partial charge < -0.3 is 4.98 Å². The van der Waals surface area contributed by atoms with Gasteiger partial charge in [-0.2, -0.15) is 0 Å². The maximum absolute atomic E-state index is 12.6. The van der Waals surface area contributed by atoms with Gasteiger partial charge in [0.1, 0.15) is 11.5 Å². The molecule has 0 atom stereocenters. The Balaban J connectivity index is 0.00000280. The van der Waals surface area contributed by atoms with Crippen LogP contribution >= 0.6 is 12.4 Å². The van der Waals surface area contributed by atoms with Crippen molar-refractivity contribution < 1.29 is 14.8 Å². The molecule has 7 heteroatoms. The SMILES string of the molecule is Cc1[nH]c(Cc2ccc(/C=C/C(=O)NO)cc2)nc1C(=O)c1ccccc1.Cl. The lowest BCUT2D eigenvalue weighted by Crippen LogP contribution is -2.14. The predicted molar refractivity (Wildman–Crippen MR) is 109 cm³/mol. The van der Waals surface area contributed by atoms with Crippen molar-refractivity contribution in [3.8, 4) is 0 Å². The quantitative estimate of drug-likeness (QED) is 0.257. The third-order valence-corrected chi connectivity index (χ3v) is 4.07. The molecule has 0 fully saturated rings. The molecule has 1 heterocycles. The van der Waals surface area contributed by atoms with Crippen LogP contribution in [0.5, 0.6) is 0 Å². The van der Waals surface area contributed by atoms with Crippen molar-refractivity contribution in [2.24, 2.45) is 0 Å². The van der Waals surface area contributed by atoms with Gasteiger partial charge in [-0.1, -0.05) is 54.6 Å². The first-order valence-electron chi connectivity index (χ1n) is 8.43. The van der Waals surface area contributed by atoms with E-state index in [1.54, 1.807) is 23.7 Å². The van der Waals surface area contributed by atoms with E-state index in [0.717, 1.165) is 22.6 Å². The summed E-state index contributed by atoms with van der Waals surface area (Å²) in [5, 5.41) is 8.47. The van der Waals surface area contributed by atoms with Crippen molar-refractivity contribution in [3.63, 3.8) is 0 Å². The van der Waals surface area contributed by atoms with Gasteiger partial charge in [-0.15, -0.1) is 12.4 Å². The zero-order valence-corrected chi connectivity index (χ0v) is 16.0. The summed E-state index contributed by atoms with van der Waals surface area (Å²) in [5.41, 5.74) is 5.19. The van der Waals surface area contributed by atoms with E-state index in [1.165, 1.54) is 6.08 Å². The molecule has 3 aromatic rings. The molecule has 0 radical (unpaired) electrons. The normalized spacial score (nSPS) is 10.5. The monoisotopic (exact) mass is 397 g/mol. The number of hydrogen-bond donors (Lipinski definition) is 3. The minimum Gasteiger partial charge on any atom is -0.345 e. The van der Waals surface area contributed by atoms with Gasteiger partial charge in [-0.05, 0) is 24.1 Å². The molecule has 144 valence electrons. The number of H-pyrrole nitrogens is 1. The summed E-state index contributed by atoms with van der Waals surface area (Å²) in [6.45, 7) is 1.84. The number of rotatable bonds is 6. The highest BCUT2D eigenvalue weighted by atomic mass is 35.5. The van der Waals surface area contributed by atoms with E-state index in [2.05, 4.69) is 9.97 Å². The molecule has 0 saturated heterocycles. The van der Waals surface area contributed by atoms with Gasteiger partial charge in [0.2, 0.25) is 5.78 Å². The Morgan fingerprint density at radius 3 is 2.43 bits per heavy atom. The molecule has 3 N–H and O–H groups in total. The molecule has 2 aromatic carbocycles. The van der Waals surface area contributed by atoms with Gasteiger partial charge in [0.05, 0.1) is 0 Å². The molecule has 0 aliphatic rings. The number of carbonyl (C=O) groups excluding carboxylic acids is 2. The molecule has 0 aliphatic heterocycles. The molecule has 0 spiro atoms. The maximum Gasteiger partial charge on any atom is 0.267 e. The average molecular weight is 398 g/mol.